The van der Waals surface area contributed by atoms with Crippen molar-refractivity contribution in [1.82, 2.24) is 5.32 Å². The Bertz CT molecular complexity index is 422. The van der Waals surface area contributed by atoms with E-state index in [-0.39, 0.29) is 18.6 Å². The first kappa shape index (κ1) is 13.7. The second-order valence-corrected chi connectivity index (χ2v) is 4.74. The van der Waals surface area contributed by atoms with Crippen molar-refractivity contribution >= 4 is 11.6 Å². The smallest absolute Gasteiger partial charge is 0.258 e. The molecule has 0 spiro atoms. The van der Waals surface area contributed by atoms with Gasteiger partial charge in [-0.25, -0.2) is 0 Å². The summed E-state index contributed by atoms with van der Waals surface area (Å²) in [5.41, 5.74) is 7.30. The van der Waals surface area contributed by atoms with Crippen LogP contribution in [0.3, 0.4) is 0 Å². The number of amides is 1. The van der Waals surface area contributed by atoms with Gasteiger partial charge in [0.1, 0.15) is 5.75 Å². The van der Waals surface area contributed by atoms with Crippen LogP contribution >= 0.6 is 0 Å². The van der Waals surface area contributed by atoms with E-state index < -0.39 is 0 Å². The number of anilines is 1. The molecule has 0 atom stereocenters. The van der Waals surface area contributed by atoms with E-state index in [0.29, 0.717) is 24.7 Å². The fourth-order valence-corrected chi connectivity index (χ4v) is 2.12. The van der Waals surface area contributed by atoms with Gasteiger partial charge in [0.25, 0.3) is 5.91 Å². The van der Waals surface area contributed by atoms with Crippen LogP contribution < -0.4 is 15.8 Å². The lowest BCUT2D eigenvalue weighted by atomic mass is 10.1. The molecule has 1 saturated heterocycles. The molecule has 19 heavy (non-hydrogen) atoms. The van der Waals surface area contributed by atoms with E-state index >= 15 is 0 Å². The van der Waals surface area contributed by atoms with Gasteiger partial charge in [-0.1, -0.05) is 12.1 Å². The van der Waals surface area contributed by atoms with Gasteiger partial charge >= 0.3 is 0 Å². The number of carbonyl (C=O) groups excluding carboxylic acids is 1. The molecular weight excluding hydrogens is 244 g/mol. The van der Waals surface area contributed by atoms with Crippen molar-refractivity contribution in [1.29, 1.82) is 0 Å². The zero-order chi connectivity index (χ0) is 13.7. The Labute approximate surface area is 113 Å². The molecular formula is C14H20N2O3. The summed E-state index contributed by atoms with van der Waals surface area (Å²) in [5, 5.41) is 2.94. The van der Waals surface area contributed by atoms with Gasteiger partial charge in [0.05, 0.1) is 5.69 Å². The molecule has 1 amide bonds. The van der Waals surface area contributed by atoms with Crippen LogP contribution in [-0.2, 0) is 9.53 Å². The molecule has 1 aliphatic heterocycles. The lowest BCUT2D eigenvalue weighted by Crippen LogP contribution is -2.41. The number of carbonyl (C=O) groups is 1. The van der Waals surface area contributed by atoms with Crippen molar-refractivity contribution in [3.63, 3.8) is 0 Å². The van der Waals surface area contributed by atoms with Crippen LogP contribution in [-0.4, -0.2) is 31.8 Å². The van der Waals surface area contributed by atoms with Gasteiger partial charge in [-0.15, -0.1) is 0 Å². The summed E-state index contributed by atoms with van der Waals surface area (Å²) < 4.78 is 10.7. The van der Waals surface area contributed by atoms with E-state index in [1.807, 2.05) is 19.1 Å². The third kappa shape index (κ3) is 3.86. The summed E-state index contributed by atoms with van der Waals surface area (Å²) in [5.74, 6) is 0.471. The summed E-state index contributed by atoms with van der Waals surface area (Å²) in [6.45, 7) is 3.31. The first-order chi connectivity index (χ1) is 9.16. The van der Waals surface area contributed by atoms with E-state index in [4.69, 9.17) is 15.2 Å². The monoisotopic (exact) mass is 264 g/mol. The maximum absolute atomic E-state index is 11.8. The first-order valence-corrected chi connectivity index (χ1v) is 6.52. The van der Waals surface area contributed by atoms with Crippen molar-refractivity contribution in [2.45, 2.75) is 25.8 Å². The Kier molecular flexibility index (Phi) is 4.63. The Morgan fingerprint density at radius 2 is 2.21 bits per heavy atom. The van der Waals surface area contributed by atoms with Crippen LogP contribution in [0.15, 0.2) is 18.2 Å². The molecule has 0 unspecified atom stereocenters. The second kappa shape index (κ2) is 6.43. The van der Waals surface area contributed by atoms with Crippen molar-refractivity contribution in [2.24, 2.45) is 0 Å². The molecule has 5 nitrogen and oxygen atoms in total. The number of benzene rings is 1. The van der Waals surface area contributed by atoms with Crippen molar-refractivity contribution in [2.75, 3.05) is 25.6 Å². The first-order valence-electron chi connectivity index (χ1n) is 6.52. The Hall–Kier alpha value is -1.75. The molecule has 0 saturated carbocycles. The summed E-state index contributed by atoms with van der Waals surface area (Å²) in [6.07, 6.45) is 1.72. The van der Waals surface area contributed by atoms with Crippen molar-refractivity contribution < 1.29 is 14.3 Å². The number of hydrogen-bond donors (Lipinski definition) is 2. The number of ether oxygens (including phenoxy) is 2. The molecule has 104 valence electrons. The molecule has 5 heteroatoms. The molecule has 1 heterocycles. The van der Waals surface area contributed by atoms with E-state index in [1.165, 1.54) is 0 Å². The van der Waals surface area contributed by atoms with Crippen molar-refractivity contribution in [3.05, 3.63) is 23.8 Å². The van der Waals surface area contributed by atoms with E-state index in [2.05, 4.69) is 5.32 Å². The highest BCUT2D eigenvalue weighted by Crippen LogP contribution is 2.25. The zero-order valence-electron chi connectivity index (χ0n) is 11.1. The Morgan fingerprint density at radius 3 is 2.89 bits per heavy atom. The van der Waals surface area contributed by atoms with Gasteiger partial charge in [-0.2, -0.15) is 0 Å². The predicted molar refractivity (Wildman–Crippen MR) is 73.1 cm³/mol. The van der Waals surface area contributed by atoms with Gasteiger partial charge in [-0.05, 0) is 31.4 Å². The van der Waals surface area contributed by atoms with Crippen molar-refractivity contribution in [3.8, 4) is 5.75 Å². The number of rotatable bonds is 4. The van der Waals surface area contributed by atoms with E-state index in [1.54, 1.807) is 6.07 Å². The van der Waals surface area contributed by atoms with Crippen LogP contribution in [0.25, 0.3) is 0 Å². The normalized spacial score (nSPS) is 16.1. The number of nitrogens with one attached hydrogen (secondary N) is 1. The van der Waals surface area contributed by atoms with Gasteiger partial charge in [0, 0.05) is 19.3 Å². The molecule has 2 rings (SSSR count). The predicted octanol–water partition coefficient (Wildman–Crippen LogP) is 1.25. The van der Waals surface area contributed by atoms with Gasteiger partial charge in [0.15, 0.2) is 6.61 Å². The van der Waals surface area contributed by atoms with Crippen LogP contribution in [0.4, 0.5) is 5.69 Å². The fourth-order valence-electron chi connectivity index (χ4n) is 2.12. The fraction of sp³-hybridized carbons (Fsp3) is 0.500. The SMILES string of the molecule is Cc1cccc(N)c1OCC(=O)NC1CCOCC1. The maximum atomic E-state index is 11.8. The number of nitrogens with two attached hydrogens (primary N) is 1. The standard InChI is InChI=1S/C14H20N2O3/c1-10-3-2-4-12(15)14(10)19-9-13(17)16-11-5-7-18-8-6-11/h2-4,11H,5-9,15H2,1H3,(H,16,17). The molecule has 1 aromatic carbocycles. The minimum absolute atomic E-state index is 0.00753. The highest BCUT2D eigenvalue weighted by molar-refractivity contribution is 5.78. The summed E-state index contributed by atoms with van der Waals surface area (Å²) >= 11 is 0. The quantitative estimate of drug-likeness (QED) is 0.803. The minimum Gasteiger partial charge on any atom is -0.481 e. The van der Waals surface area contributed by atoms with Gasteiger partial charge in [0.2, 0.25) is 0 Å². The molecule has 1 aromatic rings. The van der Waals surface area contributed by atoms with E-state index in [0.717, 1.165) is 18.4 Å². The number of nitrogen functional groups attached to an aromatic ring is 1. The lowest BCUT2D eigenvalue weighted by Gasteiger charge is -2.23. The third-order valence-electron chi connectivity index (χ3n) is 3.18. The largest absolute Gasteiger partial charge is 0.481 e. The molecule has 0 radical (unpaired) electrons. The molecule has 0 bridgehead atoms. The lowest BCUT2D eigenvalue weighted by molar-refractivity contribution is -0.124. The number of hydrogen-bond acceptors (Lipinski definition) is 4. The summed E-state index contributed by atoms with van der Waals surface area (Å²) in [4.78, 5) is 11.8. The average Bonchev–Trinajstić information content (AvgIpc) is 2.39. The number of aryl methyl sites for hydroxylation is 1. The zero-order valence-corrected chi connectivity index (χ0v) is 11.1. The molecule has 0 aliphatic carbocycles. The summed E-state index contributed by atoms with van der Waals surface area (Å²) in [6, 6.07) is 5.72. The second-order valence-electron chi connectivity index (χ2n) is 4.74. The van der Waals surface area contributed by atoms with Crippen LogP contribution in [0.2, 0.25) is 0 Å². The molecule has 1 fully saturated rings. The highest BCUT2D eigenvalue weighted by Gasteiger charge is 2.16. The van der Waals surface area contributed by atoms with Crippen LogP contribution in [0.5, 0.6) is 5.75 Å². The Morgan fingerprint density at radius 1 is 1.47 bits per heavy atom. The van der Waals surface area contributed by atoms with Gasteiger partial charge < -0.3 is 20.5 Å². The number of para-hydroxylation sites is 1. The molecule has 0 aromatic heterocycles. The topological polar surface area (TPSA) is 73.6 Å². The molecule has 3 N–H and O–H groups in total. The minimum atomic E-state index is -0.116. The van der Waals surface area contributed by atoms with Crippen LogP contribution in [0, 0.1) is 6.92 Å². The average molecular weight is 264 g/mol. The molecule has 1 aliphatic rings. The third-order valence-corrected chi connectivity index (χ3v) is 3.18. The Balaban J connectivity index is 1.83. The van der Waals surface area contributed by atoms with Crippen LogP contribution in [0.1, 0.15) is 18.4 Å². The highest BCUT2D eigenvalue weighted by atomic mass is 16.5. The maximum Gasteiger partial charge on any atom is 0.258 e. The summed E-state index contributed by atoms with van der Waals surface area (Å²) in [7, 11) is 0. The van der Waals surface area contributed by atoms with Gasteiger partial charge in [-0.3, -0.25) is 4.79 Å². The van der Waals surface area contributed by atoms with E-state index in [9.17, 15) is 4.79 Å².